The number of hydrogen-bond acceptors (Lipinski definition) is 3. The van der Waals surface area contributed by atoms with Gasteiger partial charge in [0.1, 0.15) is 6.04 Å². The minimum absolute atomic E-state index is 0.233. The van der Waals surface area contributed by atoms with E-state index < -0.39 is 17.9 Å². The molecular weight excluding hydrogens is 448 g/mol. The van der Waals surface area contributed by atoms with Crippen LogP contribution in [0.3, 0.4) is 0 Å². The Bertz CT molecular complexity index is 1410. The number of aryl methyl sites for hydroxylation is 1. The summed E-state index contributed by atoms with van der Waals surface area (Å²) < 4.78 is 0. The molecule has 0 saturated heterocycles. The number of rotatable bonds is 6. The van der Waals surface area contributed by atoms with E-state index >= 15 is 0 Å². The summed E-state index contributed by atoms with van der Waals surface area (Å²) in [6.45, 7) is 1.99. The smallest absolute Gasteiger partial charge is 0.258 e. The van der Waals surface area contributed by atoms with Gasteiger partial charge in [-0.3, -0.25) is 14.5 Å². The number of likely N-dealkylation sites (N-methyl/N-ethyl adjacent to an activating group) is 1. The zero-order valence-corrected chi connectivity index (χ0v) is 19.6. The van der Waals surface area contributed by atoms with Crippen molar-refractivity contribution in [3.63, 3.8) is 0 Å². The number of amides is 2. The molecule has 0 aliphatic heterocycles. The second-order valence-electron chi connectivity index (χ2n) is 8.10. The van der Waals surface area contributed by atoms with Crippen LogP contribution in [0.4, 0.5) is 0 Å². The van der Waals surface area contributed by atoms with Crippen LogP contribution in [0.15, 0.2) is 72.9 Å². The Morgan fingerprint density at radius 2 is 1.88 bits per heavy atom. The molecule has 2 N–H and O–H groups in total. The lowest BCUT2D eigenvalue weighted by atomic mass is 10.00. The molecule has 0 aliphatic carbocycles. The van der Waals surface area contributed by atoms with Crippen LogP contribution in [0.5, 0.6) is 0 Å². The second-order valence-corrected chi connectivity index (χ2v) is 8.51. The predicted molar refractivity (Wildman–Crippen MR) is 133 cm³/mol. The maximum atomic E-state index is 13.1. The summed E-state index contributed by atoms with van der Waals surface area (Å²) >= 11 is 6.48. The summed E-state index contributed by atoms with van der Waals surface area (Å²) in [5, 5.41) is 13.5. The molecule has 0 radical (unpaired) electrons. The van der Waals surface area contributed by atoms with Gasteiger partial charge in [0.25, 0.3) is 11.8 Å². The Kier molecular flexibility index (Phi) is 6.67. The van der Waals surface area contributed by atoms with E-state index in [1.807, 2.05) is 67.8 Å². The van der Waals surface area contributed by atoms with Crippen LogP contribution in [0.25, 0.3) is 22.0 Å². The number of nitriles is 1. The van der Waals surface area contributed by atoms with Crippen LogP contribution in [0.1, 0.15) is 21.5 Å². The van der Waals surface area contributed by atoms with E-state index in [-0.39, 0.29) is 6.42 Å². The predicted octanol–water partition coefficient (Wildman–Crippen LogP) is 5.08. The van der Waals surface area contributed by atoms with Crippen LogP contribution in [0.2, 0.25) is 5.02 Å². The number of carbonyl (C=O) groups excluding carboxylic acids is 2. The van der Waals surface area contributed by atoms with Gasteiger partial charge < -0.3 is 10.3 Å². The molecule has 7 heteroatoms. The quantitative estimate of drug-likeness (QED) is 0.304. The van der Waals surface area contributed by atoms with Crippen LogP contribution >= 0.6 is 11.6 Å². The third-order valence-electron chi connectivity index (χ3n) is 5.82. The Morgan fingerprint density at radius 3 is 2.59 bits per heavy atom. The van der Waals surface area contributed by atoms with Crippen LogP contribution in [-0.4, -0.2) is 34.8 Å². The lowest BCUT2D eigenvalue weighted by Gasteiger charge is -2.20. The Morgan fingerprint density at radius 1 is 1.12 bits per heavy atom. The van der Waals surface area contributed by atoms with E-state index in [0.717, 1.165) is 38.1 Å². The highest BCUT2D eigenvalue weighted by molar-refractivity contribution is 6.33. The van der Waals surface area contributed by atoms with Gasteiger partial charge in [-0.2, -0.15) is 5.26 Å². The fraction of sp³-hybridized carbons (Fsp3) is 0.148. The first-order valence-corrected chi connectivity index (χ1v) is 11.2. The number of nitrogens with zero attached hydrogens (tertiary/aromatic N) is 2. The molecule has 4 aromatic rings. The van der Waals surface area contributed by atoms with E-state index in [1.165, 1.54) is 7.05 Å². The van der Waals surface area contributed by atoms with Gasteiger partial charge in [0.05, 0.1) is 0 Å². The molecule has 0 bridgehead atoms. The van der Waals surface area contributed by atoms with Gasteiger partial charge in [-0.1, -0.05) is 60.1 Å². The normalized spacial score (nSPS) is 11.6. The second kappa shape index (κ2) is 9.82. The highest BCUT2D eigenvalue weighted by Crippen LogP contribution is 2.29. The maximum absolute atomic E-state index is 13.1. The first-order valence-electron chi connectivity index (χ1n) is 10.8. The number of halogens is 1. The van der Waals surface area contributed by atoms with Crippen LogP contribution < -0.4 is 5.32 Å². The lowest BCUT2D eigenvalue weighted by Crippen LogP contribution is -2.47. The number of benzene rings is 3. The largest absolute Gasteiger partial charge is 0.361 e. The maximum Gasteiger partial charge on any atom is 0.258 e. The highest BCUT2D eigenvalue weighted by Gasteiger charge is 2.26. The summed E-state index contributed by atoms with van der Waals surface area (Å²) in [6, 6.07) is 19.7. The standard InChI is InChI=1S/C27H23ClN4O2/c1-17-7-6-10-23-25(17)20(15-30-23)14-24(27(34)32(2)16-29)31-26(33)19-11-12-21(22(28)13-19)18-8-4-3-5-9-18/h3-13,15,24,30H,14H2,1-2H3,(H,31,33)/t24-/m0/s1. The third kappa shape index (κ3) is 4.66. The van der Waals surface area contributed by atoms with Gasteiger partial charge in [0.2, 0.25) is 0 Å². The van der Waals surface area contributed by atoms with Gasteiger partial charge in [0.15, 0.2) is 6.19 Å². The minimum atomic E-state index is -0.927. The molecule has 0 fully saturated rings. The average Bonchev–Trinajstić information content (AvgIpc) is 3.27. The molecule has 1 aromatic heterocycles. The molecule has 0 spiro atoms. The van der Waals surface area contributed by atoms with Crippen molar-refractivity contribution in [3.05, 3.63) is 94.6 Å². The van der Waals surface area contributed by atoms with Crippen molar-refractivity contribution in [1.82, 2.24) is 15.2 Å². The number of fused-ring (bicyclic) bond motifs is 1. The van der Waals surface area contributed by atoms with Crippen molar-refractivity contribution >= 4 is 34.3 Å². The molecule has 0 aliphatic rings. The topological polar surface area (TPSA) is 89.0 Å². The van der Waals surface area contributed by atoms with Crippen LogP contribution in [-0.2, 0) is 11.2 Å². The average molecular weight is 471 g/mol. The number of nitrogens with one attached hydrogen (secondary N) is 2. The SMILES string of the molecule is Cc1cccc2[nH]cc(C[C@H](NC(=O)c3ccc(-c4ccccc4)c(Cl)c3)C(=O)N(C)C#N)c12. The van der Waals surface area contributed by atoms with E-state index in [9.17, 15) is 14.9 Å². The van der Waals surface area contributed by atoms with E-state index in [1.54, 1.807) is 18.2 Å². The van der Waals surface area contributed by atoms with Crippen molar-refractivity contribution in [3.8, 4) is 17.3 Å². The van der Waals surface area contributed by atoms with Crippen molar-refractivity contribution < 1.29 is 9.59 Å². The van der Waals surface area contributed by atoms with Gasteiger partial charge in [0, 0.05) is 46.7 Å². The van der Waals surface area contributed by atoms with Gasteiger partial charge in [-0.05, 0) is 41.8 Å². The zero-order valence-electron chi connectivity index (χ0n) is 18.8. The third-order valence-corrected chi connectivity index (χ3v) is 6.13. The lowest BCUT2D eigenvalue weighted by molar-refractivity contribution is -0.129. The summed E-state index contributed by atoms with van der Waals surface area (Å²) in [5.74, 6) is -0.937. The van der Waals surface area contributed by atoms with Crippen molar-refractivity contribution in [1.29, 1.82) is 5.26 Å². The number of aromatic nitrogens is 1. The first kappa shape index (κ1) is 23.1. The van der Waals surface area contributed by atoms with Crippen molar-refractivity contribution in [2.75, 3.05) is 7.05 Å². The molecule has 34 heavy (non-hydrogen) atoms. The number of hydrogen-bond donors (Lipinski definition) is 2. The summed E-state index contributed by atoms with van der Waals surface area (Å²) in [6.07, 6.45) is 3.89. The van der Waals surface area contributed by atoms with E-state index in [2.05, 4.69) is 10.3 Å². The molecule has 6 nitrogen and oxygen atoms in total. The van der Waals surface area contributed by atoms with Gasteiger partial charge in [-0.25, -0.2) is 0 Å². The Balaban J connectivity index is 1.61. The van der Waals surface area contributed by atoms with Gasteiger partial charge in [-0.15, -0.1) is 0 Å². The fourth-order valence-corrected chi connectivity index (χ4v) is 4.35. The molecule has 2 amide bonds. The summed E-state index contributed by atoms with van der Waals surface area (Å²) in [4.78, 5) is 30.2. The van der Waals surface area contributed by atoms with Crippen molar-refractivity contribution in [2.45, 2.75) is 19.4 Å². The molecule has 1 atom stereocenters. The zero-order chi connectivity index (χ0) is 24.2. The summed E-state index contributed by atoms with van der Waals surface area (Å²) in [5.41, 5.74) is 4.98. The fourth-order valence-electron chi connectivity index (χ4n) is 4.07. The van der Waals surface area contributed by atoms with Gasteiger partial charge >= 0.3 is 0 Å². The molecular formula is C27H23ClN4O2. The molecule has 3 aromatic carbocycles. The summed E-state index contributed by atoms with van der Waals surface area (Å²) in [7, 11) is 1.38. The first-order chi connectivity index (χ1) is 16.4. The highest BCUT2D eigenvalue weighted by atomic mass is 35.5. The van der Waals surface area contributed by atoms with Crippen LogP contribution in [0, 0.1) is 18.4 Å². The monoisotopic (exact) mass is 470 g/mol. The molecule has 0 saturated carbocycles. The molecule has 0 unspecified atom stereocenters. The van der Waals surface area contributed by atoms with E-state index in [4.69, 9.17) is 11.6 Å². The molecule has 170 valence electrons. The minimum Gasteiger partial charge on any atom is -0.361 e. The Hall–Kier alpha value is -4.08. The van der Waals surface area contributed by atoms with Crippen molar-refractivity contribution in [2.24, 2.45) is 0 Å². The molecule has 1 heterocycles. The number of carbonyl (C=O) groups is 2. The van der Waals surface area contributed by atoms with E-state index in [0.29, 0.717) is 10.6 Å². The number of aromatic amines is 1. The molecule has 4 rings (SSSR count). The Labute approximate surface area is 202 Å². The number of H-pyrrole nitrogens is 1.